The van der Waals surface area contributed by atoms with Gasteiger partial charge >= 0.3 is 0 Å². The molecule has 0 N–H and O–H groups in total. The van der Waals surface area contributed by atoms with Crippen molar-refractivity contribution in [2.24, 2.45) is 0 Å². The molecule has 3 heteroatoms. The fourth-order valence-corrected chi connectivity index (χ4v) is 2.49. The van der Waals surface area contributed by atoms with E-state index in [0.29, 0.717) is 5.56 Å². The topological polar surface area (TPSA) is 39.9 Å². The SMILES string of the molecule is CCN(CC)c1nc2c(C)cc(C)cc2cc1C#N. The maximum Gasteiger partial charge on any atom is 0.147 e. The Morgan fingerprint density at radius 3 is 2.42 bits per heavy atom. The molecule has 1 aromatic carbocycles. The van der Waals surface area contributed by atoms with Crippen LogP contribution in [-0.4, -0.2) is 18.1 Å². The van der Waals surface area contributed by atoms with E-state index in [1.54, 1.807) is 0 Å². The van der Waals surface area contributed by atoms with Crippen LogP contribution >= 0.6 is 0 Å². The van der Waals surface area contributed by atoms with Gasteiger partial charge in [0.25, 0.3) is 0 Å². The van der Waals surface area contributed by atoms with Gasteiger partial charge in [-0.3, -0.25) is 0 Å². The quantitative estimate of drug-likeness (QED) is 0.839. The van der Waals surface area contributed by atoms with Crippen molar-refractivity contribution in [2.45, 2.75) is 27.7 Å². The van der Waals surface area contributed by atoms with Gasteiger partial charge in [-0.1, -0.05) is 11.6 Å². The zero-order valence-corrected chi connectivity index (χ0v) is 12.0. The van der Waals surface area contributed by atoms with Crippen molar-refractivity contribution < 1.29 is 0 Å². The Kier molecular flexibility index (Phi) is 3.71. The zero-order chi connectivity index (χ0) is 14.0. The largest absolute Gasteiger partial charge is 0.356 e. The highest BCUT2D eigenvalue weighted by atomic mass is 15.2. The van der Waals surface area contributed by atoms with Gasteiger partial charge in [-0.05, 0) is 45.4 Å². The summed E-state index contributed by atoms with van der Waals surface area (Å²) in [6.07, 6.45) is 0. The van der Waals surface area contributed by atoms with E-state index in [9.17, 15) is 5.26 Å². The molecule has 3 nitrogen and oxygen atoms in total. The monoisotopic (exact) mass is 253 g/mol. The molecule has 98 valence electrons. The molecule has 0 fully saturated rings. The van der Waals surface area contributed by atoms with Crippen molar-refractivity contribution in [1.29, 1.82) is 5.26 Å². The van der Waals surface area contributed by atoms with Crippen molar-refractivity contribution in [3.63, 3.8) is 0 Å². The first-order valence-corrected chi connectivity index (χ1v) is 6.67. The number of rotatable bonds is 3. The number of hydrogen-bond acceptors (Lipinski definition) is 3. The van der Waals surface area contributed by atoms with Gasteiger partial charge in [-0.25, -0.2) is 4.98 Å². The molecule has 0 saturated carbocycles. The maximum atomic E-state index is 9.34. The molecule has 0 atom stereocenters. The molecule has 2 aromatic rings. The first-order valence-electron chi connectivity index (χ1n) is 6.67. The van der Waals surface area contributed by atoms with Gasteiger partial charge in [0.1, 0.15) is 11.9 Å². The van der Waals surface area contributed by atoms with Crippen molar-refractivity contribution in [2.75, 3.05) is 18.0 Å². The number of fused-ring (bicyclic) bond motifs is 1. The molecule has 0 bridgehead atoms. The van der Waals surface area contributed by atoms with Crippen molar-refractivity contribution in [1.82, 2.24) is 4.98 Å². The number of aryl methyl sites for hydroxylation is 2. The van der Waals surface area contributed by atoms with Crippen LogP contribution in [0.1, 0.15) is 30.5 Å². The Balaban J connectivity index is 2.75. The summed E-state index contributed by atoms with van der Waals surface area (Å²) >= 11 is 0. The number of pyridine rings is 1. The van der Waals surface area contributed by atoms with Crippen LogP contribution < -0.4 is 4.90 Å². The minimum atomic E-state index is 0.654. The van der Waals surface area contributed by atoms with E-state index >= 15 is 0 Å². The highest BCUT2D eigenvalue weighted by molar-refractivity contribution is 5.86. The average molecular weight is 253 g/mol. The van der Waals surface area contributed by atoms with Gasteiger partial charge in [0.2, 0.25) is 0 Å². The standard InChI is InChI=1S/C16H19N3/c1-5-19(6-2)16-14(10-17)9-13-8-11(3)7-12(4)15(13)18-16/h7-9H,5-6H2,1-4H3. The molecule has 0 amide bonds. The van der Waals surface area contributed by atoms with E-state index in [2.05, 4.69) is 50.8 Å². The predicted molar refractivity (Wildman–Crippen MR) is 79.5 cm³/mol. The van der Waals surface area contributed by atoms with Crippen LogP contribution in [0.4, 0.5) is 5.82 Å². The van der Waals surface area contributed by atoms with Crippen LogP contribution in [0.15, 0.2) is 18.2 Å². The van der Waals surface area contributed by atoms with Crippen LogP contribution in [0.5, 0.6) is 0 Å². The van der Waals surface area contributed by atoms with Gasteiger partial charge in [0.05, 0.1) is 11.1 Å². The summed E-state index contributed by atoms with van der Waals surface area (Å²) in [5, 5.41) is 10.4. The number of nitrogens with zero attached hydrogens (tertiary/aromatic N) is 3. The predicted octanol–water partition coefficient (Wildman–Crippen LogP) is 3.57. The first-order chi connectivity index (χ1) is 9.10. The summed E-state index contributed by atoms with van der Waals surface area (Å²) in [7, 11) is 0. The van der Waals surface area contributed by atoms with Crippen LogP contribution in [0.2, 0.25) is 0 Å². The first kappa shape index (κ1) is 13.4. The lowest BCUT2D eigenvalue weighted by molar-refractivity contribution is 0.847. The Morgan fingerprint density at radius 1 is 1.16 bits per heavy atom. The van der Waals surface area contributed by atoms with Gasteiger partial charge in [-0.2, -0.15) is 5.26 Å². The molecular formula is C16H19N3. The molecule has 0 aliphatic rings. The Morgan fingerprint density at radius 2 is 1.84 bits per heavy atom. The van der Waals surface area contributed by atoms with E-state index in [-0.39, 0.29) is 0 Å². The Bertz CT molecular complexity index is 649. The Hall–Kier alpha value is -2.08. The van der Waals surface area contributed by atoms with E-state index in [0.717, 1.165) is 35.4 Å². The average Bonchev–Trinajstić information content (AvgIpc) is 2.39. The third-order valence-electron chi connectivity index (χ3n) is 3.42. The summed E-state index contributed by atoms with van der Waals surface area (Å²) in [6, 6.07) is 8.44. The molecule has 19 heavy (non-hydrogen) atoms. The molecule has 1 aromatic heterocycles. The number of aromatic nitrogens is 1. The molecule has 0 radical (unpaired) electrons. The second-order valence-corrected chi connectivity index (χ2v) is 4.80. The van der Waals surface area contributed by atoms with Gasteiger partial charge in [-0.15, -0.1) is 0 Å². The van der Waals surface area contributed by atoms with Crippen LogP contribution in [0.25, 0.3) is 10.9 Å². The second-order valence-electron chi connectivity index (χ2n) is 4.80. The lowest BCUT2D eigenvalue weighted by Gasteiger charge is -2.21. The fourth-order valence-electron chi connectivity index (χ4n) is 2.49. The molecule has 0 saturated heterocycles. The summed E-state index contributed by atoms with van der Waals surface area (Å²) in [4.78, 5) is 6.85. The minimum absolute atomic E-state index is 0.654. The zero-order valence-electron chi connectivity index (χ0n) is 12.0. The van der Waals surface area contributed by atoms with Crippen molar-refractivity contribution >= 4 is 16.7 Å². The van der Waals surface area contributed by atoms with E-state index in [1.807, 2.05) is 6.07 Å². The van der Waals surface area contributed by atoms with Crippen molar-refractivity contribution in [3.05, 3.63) is 34.9 Å². The second kappa shape index (κ2) is 5.27. The fraction of sp³-hybridized carbons (Fsp3) is 0.375. The summed E-state index contributed by atoms with van der Waals surface area (Å²) < 4.78 is 0. The van der Waals surface area contributed by atoms with Crippen LogP contribution in [0, 0.1) is 25.2 Å². The number of anilines is 1. The summed E-state index contributed by atoms with van der Waals surface area (Å²) in [5.41, 5.74) is 4.01. The molecule has 2 rings (SSSR count). The minimum Gasteiger partial charge on any atom is -0.356 e. The van der Waals surface area contributed by atoms with E-state index in [1.165, 1.54) is 5.56 Å². The highest BCUT2D eigenvalue weighted by Gasteiger charge is 2.13. The molecule has 0 unspecified atom stereocenters. The lowest BCUT2D eigenvalue weighted by Crippen LogP contribution is -2.24. The summed E-state index contributed by atoms with van der Waals surface area (Å²) in [5.74, 6) is 0.798. The third-order valence-corrected chi connectivity index (χ3v) is 3.42. The molecule has 1 heterocycles. The van der Waals surface area contributed by atoms with Gasteiger partial charge in [0, 0.05) is 18.5 Å². The van der Waals surface area contributed by atoms with Crippen LogP contribution in [0.3, 0.4) is 0 Å². The van der Waals surface area contributed by atoms with Gasteiger partial charge in [0.15, 0.2) is 0 Å². The molecule has 0 aliphatic heterocycles. The number of hydrogen-bond donors (Lipinski definition) is 0. The van der Waals surface area contributed by atoms with E-state index in [4.69, 9.17) is 4.98 Å². The smallest absolute Gasteiger partial charge is 0.147 e. The van der Waals surface area contributed by atoms with E-state index < -0.39 is 0 Å². The number of benzene rings is 1. The Labute approximate surface area is 114 Å². The molecular weight excluding hydrogens is 234 g/mol. The highest BCUT2D eigenvalue weighted by Crippen LogP contribution is 2.26. The number of nitriles is 1. The maximum absolute atomic E-state index is 9.34. The van der Waals surface area contributed by atoms with Gasteiger partial charge < -0.3 is 4.90 Å². The van der Waals surface area contributed by atoms with Crippen LogP contribution in [-0.2, 0) is 0 Å². The normalized spacial score (nSPS) is 10.5. The summed E-state index contributed by atoms with van der Waals surface area (Å²) in [6.45, 7) is 10.0. The lowest BCUT2D eigenvalue weighted by atomic mass is 10.0. The molecule has 0 spiro atoms. The third kappa shape index (κ3) is 2.39. The van der Waals surface area contributed by atoms with Crippen molar-refractivity contribution in [3.8, 4) is 6.07 Å². The molecule has 0 aliphatic carbocycles.